The number of rotatable bonds is 6. The second kappa shape index (κ2) is 6.31. The second-order valence-corrected chi connectivity index (χ2v) is 4.40. The molecule has 1 N–H and O–H groups in total. The summed E-state index contributed by atoms with van der Waals surface area (Å²) in [7, 11) is 0. The summed E-state index contributed by atoms with van der Waals surface area (Å²) in [5.74, 6) is 0. The van der Waals surface area contributed by atoms with Gasteiger partial charge >= 0.3 is 0 Å². The van der Waals surface area contributed by atoms with Crippen LogP contribution in [0.4, 0.5) is 0 Å². The van der Waals surface area contributed by atoms with Crippen LogP contribution in [0.25, 0.3) is 10.8 Å². The molecule has 2 aromatic rings. The minimum atomic E-state index is -0.0183. The quantitative estimate of drug-likeness (QED) is 0.793. The number of nitrogens with zero attached hydrogens (tertiary/aromatic N) is 2. The fourth-order valence-corrected chi connectivity index (χ4v) is 2.01. The summed E-state index contributed by atoms with van der Waals surface area (Å²) in [6, 6.07) is 7.51. The Balaban J connectivity index is 2.05. The van der Waals surface area contributed by atoms with Gasteiger partial charge in [0.15, 0.2) is 0 Å². The van der Waals surface area contributed by atoms with Crippen LogP contribution in [-0.2, 0) is 6.54 Å². The Kier molecular flexibility index (Phi) is 4.47. The van der Waals surface area contributed by atoms with Crippen molar-refractivity contribution in [3.8, 4) is 0 Å². The molecule has 0 aliphatic rings. The molecule has 0 unspecified atom stereocenters. The first kappa shape index (κ1) is 12.8. The summed E-state index contributed by atoms with van der Waals surface area (Å²) in [5.41, 5.74) is -0.0183. The predicted octanol–water partition coefficient (Wildman–Crippen LogP) is 1.95. The molecule has 1 aromatic carbocycles. The zero-order valence-corrected chi connectivity index (χ0v) is 10.4. The summed E-state index contributed by atoms with van der Waals surface area (Å²) in [5, 5.41) is 14.5. The van der Waals surface area contributed by atoms with Gasteiger partial charge in [0.1, 0.15) is 0 Å². The number of aryl methyl sites for hydroxylation is 1. The lowest BCUT2D eigenvalue weighted by molar-refractivity contribution is 0.282. The molecular weight excluding hydrogens is 228 g/mol. The van der Waals surface area contributed by atoms with Crippen LogP contribution in [0.3, 0.4) is 0 Å². The van der Waals surface area contributed by atoms with Crippen LogP contribution < -0.4 is 5.56 Å². The van der Waals surface area contributed by atoms with Crippen LogP contribution in [-0.4, -0.2) is 21.5 Å². The molecule has 18 heavy (non-hydrogen) atoms. The van der Waals surface area contributed by atoms with Gasteiger partial charge in [-0.15, -0.1) is 0 Å². The van der Waals surface area contributed by atoms with E-state index in [4.69, 9.17) is 5.11 Å². The van der Waals surface area contributed by atoms with E-state index in [1.807, 2.05) is 24.3 Å². The van der Waals surface area contributed by atoms with Crippen molar-refractivity contribution in [1.29, 1.82) is 0 Å². The largest absolute Gasteiger partial charge is 0.396 e. The van der Waals surface area contributed by atoms with Gasteiger partial charge in [-0.3, -0.25) is 4.79 Å². The third kappa shape index (κ3) is 2.96. The Hall–Kier alpha value is -1.68. The van der Waals surface area contributed by atoms with Gasteiger partial charge in [-0.05, 0) is 18.9 Å². The van der Waals surface area contributed by atoms with Crippen molar-refractivity contribution in [3.05, 3.63) is 40.8 Å². The van der Waals surface area contributed by atoms with Crippen molar-refractivity contribution in [1.82, 2.24) is 9.78 Å². The van der Waals surface area contributed by atoms with E-state index in [0.29, 0.717) is 6.54 Å². The van der Waals surface area contributed by atoms with Gasteiger partial charge in [-0.1, -0.05) is 31.0 Å². The Morgan fingerprint density at radius 3 is 2.72 bits per heavy atom. The highest BCUT2D eigenvalue weighted by Gasteiger charge is 2.02. The number of hydrogen-bond acceptors (Lipinski definition) is 3. The highest BCUT2D eigenvalue weighted by atomic mass is 16.2. The molecule has 0 spiro atoms. The molecule has 0 atom stereocenters. The topological polar surface area (TPSA) is 55.1 Å². The average Bonchev–Trinajstić information content (AvgIpc) is 2.41. The van der Waals surface area contributed by atoms with Crippen LogP contribution in [0.1, 0.15) is 25.7 Å². The zero-order chi connectivity index (χ0) is 12.8. The molecule has 0 amide bonds. The number of aliphatic hydroxyl groups is 1. The fraction of sp³-hybridized carbons (Fsp3) is 0.429. The SMILES string of the molecule is O=c1c2ccccc2cnn1CCCCCCO. The van der Waals surface area contributed by atoms with E-state index in [9.17, 15) is 4.79 Å². The molecule has 2 rings (SSSR count). The third-order valence-corrected chi connectivity index (χ3v) is 3.04. The number of unbranched alkanes of at least 4 members (excludes halogenated alkanes) is 3. The molecule has 0 aliphatic carbocycles. The van der Waals surface area contributed by atoms with Gasteiger partial charge in [0.2, 0.25) is 0 Å². The van der Waals surface area contributed by atoms with Crippen LogP contribution in [0, 0.1) is 0 Å². The molecular formula is C14H18N2O2. The van der Waals surface area contributed by atoms with Crippen molar-refractivity contribution in [2.45, 2.75) is 32.2 Å². The van der Waals surface area contributed by atoms with Crippen molar-refractivity contribution in [3.63, 3.8) is 0 Å². The molecule has 96 valence electrons. The van der Waals surface area contributed by atoms with Crippen LogP contribution in [0.5, 0.6) is 0 Å². The van der Waals surface area contributed by atoms with Crippen molar-refractivity contribution < 1.29 is 5.11 Å². The summed E-state index contributed by atoms with van der Waals surface area (Å²) >= 11 is 0. The van der Waals surface area contributed by atoms with Gasteiger partial charge in [-0.2, -0.15) is 5.10 Å². The molecule has 4 heteroatoms. The maximum absolute atomic E-state index is 12.1. The van der Waals surface area contributed by atoms with Crippen LogP contribution >= 0.6 is 0 Å². The van der Waals surface area contributed by atoms with Crippen LogP contribution in [0.15, 0.2) is 35.3 Å². The summed E-state index contributed by atoms with van der Waals surface area (Å²) in [6.45, 7) is 0.892. The molecule has 0 bridgehead atoms. The lowest BCUT2D eigenvalue weighted by Gasteiger charge is -2.05. The normalized spacial score (nSPS) is 10.9. The summed E-state index contributed by atoms with van der Waals surface area (Å²) < 4.78 is 1.53. The van der Waals surface area contributed by atoms with Gasteiger partial charge in [0, 0.05) is 18.5 Å². The second-order valence-electron chi connectivity index (χ2n) is 4.40. The third-order valence-electron chi connectivity index (χ3n) is 3.04. The molecule has 0 saturated carbocycles. The van der Waals surface area contributed by atoms with E-state index in [1.165, 1.54) is 4.68 Å². The van der Waals surface area contributed by atoms with Gasteiger partial charge in [0.05, 0.1) is 11.6 Å². The Morgan fingerprint density at radius 2 is 1.89 bits per heavy atom. The Morgan fingerprint density at radius 1 is 1.11 bits per heavy atom. The lowest BCUT2D eigenvalue weighted by Crippen LogP contribution is -2.22. The first-order valence-corrected chi connectivity index (χ1v) is 6.38. The monoisotopic (exact) mass is 246 g/mol. The highest BCUT2D eigenvalue weighted by molar-refractivity contribution is 5.80. The van der Waals surface area contributed by atoms with Gasteiger partial charge in [0.25, 0.3) is 5.56 Å². The molecule has 0 aliphatic heterocycles. The molecule has 0 saturated heterocycles. The Bertz CT molecular complexity index is 563. The van der Waals surface area contributed by atoms with Crippen LogP contribution in [0.2, 0.25) is 0 Å². The minimum Gasteiger partial charge on any atom is -0.396 e. The summed E-state index contributed by atoms with van der Waals surface area (Å²) in [4.78, 5) is 12.1. The van der Waals surface area contributed by atoms with E-state index >= 15 is 0 Å². The molecule has 1 heterocycles. The molecule has 4 nitrogen and oxygen atoms in total. The number of aliphatic hydroxyl groups excluding tert-OH is 1. The number of aromatic nitrogens is 2. The lowest BCUT2D eigenvalue weighted by atomic mass is 10.2. The standard InChI is InChI=1S/C14H18N2O2/c17-10-6-2-1-5-9-16-14(18)13-8-4-3-7-12(13)11-15-16/h3-4,7-8,11,17H,1-2,5-6,9-10H2. The van der Waals surface area contributed by atoms with Crippen molar-refractivity contribution in [2.75, 3.05) is 6.61 Å². The van der Waals surface area contributed by atoms with E-state index in [1.54, 1.807) is 6.20 Å². The van der Waals surface area contributed by atoms with E-state index in [2.05, 4.69) is 5.10 Å². The molecule has 0 fully saturated rings. The van der Waals surface area contributed by atoms with Gasteiger partial charge < -0.3 is 5.11 Å². The first-order chi connectivity index (χ1) is 8.83. The first-order valence-electron chi connectivity index (χ1n) is 6.38. The molecule has 0 radical (unpaired) electrons. The zero-order valence-electron chi connectivity index (χ0n) is 10.4. The van der Waals surface area contributed by atoms with Gasteiger partial charge in [-0.25, -0.2) is 4.68 Å². The van der Waals surface area contributed by atoms with Crippen molar-refractivity contribution in [2.24, 2.45) is 0 Å². The fourth-order valence-electron chi connectivity index (χ4n) is 2.01. The minimum absolute atomic E-state index is 0.0183. The van der Waals surface area contributed by atoms with Crippen molar-refractivity contribution >= 4 is 10.8 Å². The molecule has 1 aromatic heterocycles. The smallest absolute Gasteiger partial charge is 0.274 e. The van der Waals surface area contributed by atoms with E-state index < -0.39 is 0 Å². The summed E-state index contributed by atoms with van der Waals surface area (Å²) in [6.07, 6.45) is 5.51. The van der Waals surface area contributed by atoms with E-state index in [-0.39, 0.29) is 12.2 Å². The maximum Gasteiger partial charge on any atom is 0.274 e. The maximum atomic E-state index is 12.1. The number of benzene rings is 1. The average molecular weight is 246 g/mol. The predicted molar refractivity (Wildman–Crippen MR) is 71.6 cm³/mol. The highest BCUT2D eigenvalue weighted by Crippen LogP contribution is 2.07. The Labute approximate surface area is 106 Å². The number of hydrogen-bond donors (Lipinski definition) is 1. The van der Waals surface area contributed by atoms with E-state index in [0.717, 1.165) is 36.5 Å². The number of fused-ring (bicyclic) bond motifs is 1.